The zero-order chi connectivity index (χ0) is 16.7. The van der Waals surface area contributed by atoms with E-state index in [-0.39, 0.29) is 11.4 Å². The Bertz CT molecular complexity index is 702. The number of nitrogens with one attached hydrogen (secondary N) is 1. The van der Waals surface area contributed by atoms with Crippen LogP contribution in [0.1, 0.15) is 19.8 Å². The molecule has 0 saturated carbocycles. The Hall–Kier alpha value is -1.85. The van der Waals surface area contributed by atoms with Gasteiger partial charge in [-0.3, -0.25) is 0 Å². The summed E-state index contributed by atoms with van der Waals surface area (Å²) in [6, 6.07) is 15.9. The van der Waals surface area contributed by atoms with Gasteiger partial charge in [-0.15, -0.1) is 0 Å². The third-order valence-corrected chi connectivity index (χ3v) is 4.56. The number of ether oxygens (including phenoxy) is 1. The second-order valence-corrected chi connectivity index (χ2v) is 6.72. The number of hydrogen-bond acceptors (Lipinski definition) is 3. The quantitative estimate of drug-likeness (QED) is 0.760. The summed E-state index contributed by atoms with van der Waals surface area (Å²) in [5.41, 5.74) is 1.01. The second kappa shape index (κ2) is 7.96. The van der Waals surface area contributed by atoms with Gasteiger partial charge in [-0.25, -0.2) is 13.1 Å². The van der Waals surface area contributed by atoms with Gasteiger partial charge >= 0.3 is 0 Å². The van der Waals surface area contributed by atoms with E-state index < -0.39 is 16.6 Å². The van der Waals surface area contributed by atoms with Gasteiger partial charge in [0.1, 0.15) is 5.75 Å². The minimum atomic E-state index is -3.49. The van der Waals surface area contributed by atoms with Crippen molar-refractivity contribution < 1.29 is 14.5 Å². The molecule has 118 valence electrons. The van der Waals surface area contributed by atoms with Crippen molar-refractivity contribution in [3.63, 3.8) is 0 Å². The molecule has 2 rings (SSSR count). The third-order valence-electron chi connectivity index (χ3n) is 3.08. The van der Waals surface area contributed by atoms with Gasteiger partial charge in [-0.05, 0) is 44.0 Å². The molecule has 0 bridgehead atoms. The van der Waals surface area contributed by atoms with Crippen LogP contribution in [0, 0.1) is 6.92 Å². The Morgan fingerprint density at radius 1 is 1.05 bits per heavy atom. The molecule has 0 heterocycles. The smallest absolute Gasteiger partial charge is 0.240 e. The van der Waals surface area contributed by atoms with Gasteiger partial charge < -0.3 is 4.74 Å². The first-order valence-electron chi connectivity index (χ1n) is 7.75. The third kappa shape index (κ3) is 5.16. The Labute approximate surface area is 133 Å². The monoisotopic (exact) mass is 320 g/mol. The van der Waals surface area contributed by atoms with E-state index in [0.29, 0.717) is 18.6 Å². The van der Waals surface area contributed by atoms with Crippen molar-refractivity contribution in [3.8, 4) is 5.75 Å². The summed E-state index contributed by atoms with van der Waals surface area (Å²) < 4.78 is 40.0. The summed E-state index contributed by atoms with van der Waals surface area (Å²) >= 11 is 0. The molecule has 0 aliphatic rings. The lowest BCUT2D eigenvalue weighted by Gasteiger charge is -2.08. The topological polar surface area (TPSA) is 55.4 Å². The highest BCUT2D eigenvalue weighted by molar-refractivity contribution is 7.89. The number of sulfonamides is 1. The standard InChI is InChI=1S/C17H21NO3S/c1-15-9-11-17(12-10-15)22(19,20)18-13-5-6-14-21-16-7-3-2-4-8-16/h2-4,7-12,18H,5-6,13-14H2,1H3/i14D. The molecule has 0 aliphatic heterocycles. The molecule has 0 radical (unpaired) electrons. The maximum absolute atomic E-state index is 12.1. The summed E-state index contributed by atoms with van der Waals surface area (Å²) in [7, 11) is -3.49. The number of hydrogen-bond donors (Lipinski definition) is 1. The zero-order valence-corrected chi connectivity index (χ0v) is 13.3. The molecule has 0 amide bonds. The molecule has 0 aromatic heterocycles. The molecule has 1 atom stereocenters. The first kappa shape index (κ1) is 15.1. The van der Waals surface area contributed by atoms with Crippen LogP contribution in [0.2, 0.25) is 0 Å². The molecule has 2 aromatic rings. The minimum absolute atomic E-state index is 0.256. The zero-order valence-electron chi connectivity index (χ0n) is 13.5. The van der Waals surface area contributed by atoms with Crippen LogP contribution in [0.25, 0.3) is 0 Å². The molecule has 22 heavy (non-hydrogen) atoms. The molecule has 0 aliphatic carbocycles. The Kier molecular flexibility index (Phi) is 5.45. The predicted octanol–water partition coefficient (Wildman–Crippen LogP) is 3.13. The van der Waals surface area contributed by atoms with Gasteiger partial charge in [-0.2, -0.15) is 0 Å². The molecule has 5 heteroatoms. The summed E-state index contributed by atoms with van der Waals surface area (Å²) in [5.74, 6) is 0.646. The average Bonchev–Trinajstić information content (AvgIpc) is 2.53. The largest absolute Gasteiger partial charge is 0.494 e. The molecule has 4 nitrogen and oxygen atoms in total. The van der Waals surface area contributed by atoms with Gasteiger partial charge in [0.15, 0.2) is 0 Å². The van der Waals surface area contributed by atoms with Gasteiger partial charge in [0.2, 0.25) is 10.0 Å². The average molecular weight is 320 g/mol. The lowest BCUT2D eigenvalue weighted by atomic mass is 10.2. The molecule has 1 N–H and O–H groups in total. The minimum Gasteiger partial charge on any atom is -0.494 e. The molecule has 0 fully saturated rings. The first-order valence-corrected chi connectivity index (χ1v) is 8.66. The molecule has 0 saturated heterocycles. The van der Waals surface area contributed by atoms with Crippen molar-refractivity contribution in [3.05, 3.63) is 60.2 Å². The molecular formula is C17H21NO3S. The summed E-state index contributed by atoms with van der Waals surface area (Å²) in [6.07, 6.45) is 0.984. The first-order chi connectivity index (χ1) is 11.0. The van der Waals surface area contributed by atoms with E-state index in [1.807, 2.05) is 25.1 Å². The van der Waals surface area contributed by atoms with Crippen molar-refractivity contribution in [2.45, 2.75) is 24.7 Å². The number of benzene rings is 2. The van der Waals surface area contributed by atoms with E-state index in [1.165, 1.54) is 0 Å². The van der Waals surface area contributed by atoms with Gasteiger partial charge in [0.25, 0.3) is 0 Å². The van der Waals surface area contributed by atoms with Crippen molar-refractivity contribution in [1.29, 1.82) is 0 Å². The van der Waals surface area contributed by atoms with E-state index >= 15 is 0 Å². The highest BCUT2D eigenvalue weighted by Crippen LogP contribution is 2.10. The SMILES string of the molecule is [2H]C(CCCNS(=O)(=O)c1ccc(C)cc1)Oc1ccccc1. The fourth-order valence-corrected chi connectivity index (χ4v) is 2.92. The molecular weight excluding hydrogens is 298 g/mol. The molecule has 2 aromatic carbocycles. The Morgan fingerprint density at radius 3 is 2.41 bits per heavy atom. The number of aryl methyl sites for hydroxylation is 1. The number of para-hydroxylation sites is 1. The lowest BCUT2D eigenvalue weighted by Crippen LogP contribution is -2.25. The van der Waals surface area contributed by atoms with Crippen LogP contribution >= 0.6 is 0 Å². The highest BCUT2D eigenvalue weighted by Gasteiger charge is 2.12. The molecule has 1 unspecified atom stereocenters. The Balaban J connectivity index is 1.75. The van der Waals surface area contributed by atoms with Crippen LogP contribution in [-0.2, 0) is 10.0 Å². The van der Waals surface area contributed by atoms with Crippen molar-refractivity contribution in [2.24, 2.45) is 0 Å². The van der Waals surface area contributed by atoms with Crippen LogP contribution in [0.4, 0.5) is 0 Å². The van der Waals surface area contributed by atoms with Gasteiger partial charge in [0.05, 0.1) is 12.8 Å². The van der Waals surface area contributed by atoms with Gasteiger partial charge in [0, 0.05) is 6.54 Å². The van der Waals surface area contributed by atoms with E-state index in [4.69, 9.17) is 6.11 Å². The summed E-state index contributed by atoms with van der Waals surface area (Å²) in [4.78, 5) is 0.256. The van der Waals surface area contributed by atoms with Crippen molar-refractivity contribution in [1.82, 2.24) is 4.72 Å². The van der Waals surface area contributed by atoms with Gasteiger partial charge in [-0.1, -0.05) is 35.9 Å². The van der Waals surface area contributed by atoms with Crippen LogP contribution in [0.3, 0.4) is 0 Å². The Morgan fingerprint density at radius 2 is 1.73 bits per heavy atom. The lowest BCUT2D eigenvalue weighted by molar-refractivity contribution is 0.307. The molecule has 0 spiro atoms. The van der Waals surface area contributed by atoms with E-state index in [2.05, 4.69) is 4.72 Å². The van der Waals surface area contributed by atoms with E-state index in [9.17, 15) is 8.42 Å². The fourth-order valence-electron chi connectivity index (χ4n) is 1.85. The van der Waals surface area contributed by atoms with E-state index in [0.717, 1.165) is 5.56 Å². The maximum Gasteiger partial charge on any atom is 0.240 e. The van der Waals surface area contributed by atoms with Crippen LogP contribution in [0.5, 0.6) is 5.75 Å². The summed E-state index contributed by atoms with van der Waals surface area (Å²) in [5, 5.41) is 0. The summed E-state index contributed by atoms with van der Waals surface area (Å²) in [6.45, 7) is 1.48. The van der Waals surface area contributed by atoms with Crippen LogP contribution in [0.15, 0.2) is 59.5 Å². The van der Waals surface area contributed by atoms with E-state index in [1.54, 1.807) is 36.4 Å². The maximum atomic E-state index is 12.1. The predicted molar refractivity (Wildman–Crippen MR) is 87.5 cm³/mol. The normalized spacial score (nSPS) is 13.4. The second-order valence-electron chi connectivity index (χ2n) is 4.95. The van der Waals surface area contributed by atoms with Crippen molar-refractivity contribution in [2.75, 3.05) is 13.1 Å². The van der Waals surface area contributed by atoms with Crippen LogP contribution < -0.4 is 9.46 Å². The van der Waals surface area contributed by atoms with Crippen LogP contribution in [-0.4, -0.2) is 21.5 Å². The fraction of sp³-hybridized carbons (Fsp3) is 0.294. The van der Waals surface area contributed by atoms with Crippen molar-refractivity contribution >= 4 is 10.0 Å². The number of rotatable bonds is 8. The highest BCUT2D eigenvalue weighted by atomic mass is 32.2.